The average Bonchev–Trinajstić information content (AvgIpc) is 2.63. The summed E-state index contributed by atoms with van der Waals surface area (Å²) in [6.07, 6.45) is 0.697. The number of Topliss-reactive ketones (excluding diaryl/α,β-unsaturated/α-hetero) is 1. The largest absolute Gasteiger partial charge is 0.356 e. The third-order valence-electron chi connectivity index (χ3n) is 3.86. The maximum absolute atomic E-state index is 12.2. The molecule has 0 aliphatic rings. The lowest BCUT2D eigenvalue weighted by molar-refractivity contribution is -0.120. The molecule has 27 heavy (non-hydrogen) atoms. The molecule has 2 aromatic rings. The van der Waals surface area contributed by atoms with E-state index in [9.17, 15) is 18.0 Å². The van der Waals surface area contributed by atoms with Crippen LogP contribution in [-0.4, -0.2) is 33.2 Å². The molecule has 8 heteroatoms. The maximum atomic E-state index is 12.2. The second kappa shape index (κ2) is 9.64. The summed E-state index contributed by atoms with van der Waals surface area (Å²) in [5, 5.41) is 3.41. The van der Waals surface area contributed by atoms with Crippen molar-refractivity contribution in [3.05, 3.63) is 64.7 Å². The maximum Gasteiger partial charge on any atom is 0.240 e. The summed E-state index contributed by atoms with van der Waals surface area (Å²) in [5.74, 6) is -0.374. The van der Waals surface area contributed by atoms with Gasteiger partial charge < -0.3 is 5.32 Å². The number of hydrogen-bond donors (Lipinski definition) is 2. The molecule has 0 radical (unpaired) electrons. The van der Waals surface area contributed by atoms with E-state index in [1.807, 2.05) is 12.1 Å². The quantitative estimate of drug-likeness (QED) is 0.624. The minimum Gasteiger partial charge on any atom is -0.356 e. The lowest BCUT2D eigenvalue weighted by Gasteiger charge is -2.08. The van der Waals surface area contributed by atoms with Gasteiger partial charge in [0, 0.05) is 30.1 Å². The van der Waals surface area contributed by atoms with E-state index in [4.69, 9.17) is 11.6 Å². The van der Waals surface area contributed by atoms with E-state index in [2.05, 4.69) is 10.0 Å². The normalized spacial score (nSPS) is 11.2. The van der Waals surface area contributed by atoms with Crippen LogP contribution in [0.5, 0.6) is 0 Å². The molecule has 0 heterocycles. The van der Waals surface area contributed by atoms with Gasteiger partial charge in [-0.3, -0.25) is 9.59 Å². The van der Waals surface area contributed by atoms with Gasteiger partial charge in [-0.2, -0.15) is 0 Å². The highest BCUT2D eigenvalue weighted by atomic mass is 35.5. The molecule has 2 rings (SSSR count). The number of carbonyl (C=O) groups excluding carboxylic acids is 2. The Balaban J connectivity index is 1.74. The van der Waals surface area contributed by atoms with Gasteiger partial charge in [-0.1, -0.05) is 35.9 Å². The fourth-order valence-corrected chi connectivity index (χ4v) is 3.49. The van der Waals surface area contributed by atoms with Crippen molar-refractivity contribution in [3.8, 4) is 0 Å². The molecule has 6 nitrogen and oxygen atoms in total. The summed E-state index contributed by atoms with van der Waals surface area (Å²) in [6, 6.07) is 13.0. The summed E-state index contributed by atoms with van der Waals surface area (Å²) in [4.78, 5) is 23.1. The predicted octanol–water partition coefficient (Wildman–Crippen LogP) is 2.57. The van der Waals surface area contributed by atoms with Crippen molar-refractivity contribution in [3.63, 3.8) is 0 Å². The number of amides is 1. The topological polar surface area (TPSA) is 92.3 Å². The minimum atomic E-state index is -3.72. The molecule has 0 bridgehead atoms. The molecule has 1 amide bonds. The molecule has 0 aromatic heterocycles. The van der Waals surface area contributed by atoms with E-state index in [1.54, 1.807) is 12.1 Å². The van der Waals surface area contributed by atoms with Crippen molar-refractivity contribution < 1.29 is 18.0 Å². The molecule has 0 saturated carbocycles. The number of rotatable bonds is 9. The van der Waals surface area contributed by atoms with Crippen LogP contribution >= 0.6 is 11.6 Å². The van der Waals surface area contributed by atoms with Crippen LogP contribution in [0.15, 0.2) is 53.4 Å². The Kier molecular flexibility index (Phi) is 7.53. The first kappa shape index (κ1) is 21.1. The Bertz CT molecular complexity index is 894. The van der Waals surface area contributed by atoms with E-state index in [0.717, 1.165) is 5.56 Å². The molecule has 0 fully saturated rings. The first-order valence-electron chi connectivity index (χ1n) is 8.40. The van der Waals surface area contributed by atoms with Gasteiger partial charge >= 0.3 is 0 Å². The van der Waals surface area contributed by atoms with E-state index >= 15 is 0 Å². The van der Waals surface area contributed by atoms with Crippen LogP contribution in [-0.2, 0) is 21.2 Å². The third kappa shape index (κ3) is 6.78. The van der Waals surface area contributed by atoms with E-state index in [0.29, 0.717) is 23.6 Å². The third-order valence-corrected chi connectivity index (χ3v) is 5.59. The number of halogens is 1. The van der Waals surface area contributed by atoms with Gasteiger partial charge in [0.05, 0.1) is 4.90 Å². The van der Waals surface area contributed by atoms with Crippen molar-refractivity contribution >= 4 is 33.3 Å². The first-order valence-corrected chi connectivity index (χ1v) is 10.3. The molecule has 144 valence electrons. The summed E-state index contributed by atoms with van der Waals surface area (Å²) in [6.45, 7) is 1.86. The highest BCUT2D eigenvalue weighted by Crippen LogP contribution is 2.11. The Labute approximate surface area is 164 Å². The van der Waals surface area contributed by atoms with Crippen molar-refractivity contribution in [2.24, 2.45) is 0 Å². The van der Waals surface area contributed by atoms with E-state index in [1.165, 1.54) is 31.2 Å². The second-order valence-corrected chi connectivity index (χ2v) is 8.16. The van der Waals surface area contributed by atoms with Crippen molar-refractivity contribution in [1.29, 1.82) is 0 Å². The van der Waals surface area contributed by atoms with Gasteiger partial charge in [0.1, 0.15) is 0 Å². The Morgan fingerprint density at radius 2 is 1.59 bits per heavy atom. The summed E-state index contributed by atoms with van der Waals surface area (Å²) in [7, 11) is -3.72. The number of nitrogens with one attached hydrogen (secondary N) is 2. The summed E-state index contributed by atoms with van der Waals surface area (Å²) < 4.78 is 26.7. The van der Waals surface area contributed by atoms with Crippen LogP contribution in [0.3, 0.4) is 0 Å². The molecular formula is C19H21ClN2O4S. The number of sulfonamides is 1. The van der Waals surface area contributed by atoms with Crippen LogP contribution < -0.4 is 10.0 Å². The minimum absolute atomic E-state index is 0.0103. The molecule has 0 aliphatic carbocycles. The van der Waals surface area contributed by atoms with Crippen LogP contribution in [0.25, 0.3) is 0 Å². The lowest BCUT2D eigenvalue weighted by Crippen LogP contribution is -2.31. The van der Waals surface area contributed by atoms with Gasteiger partial charge in [-0.05, 0) is 43.2 Å². The van der Waals surface area contributed by atoms with E-state index < -0.39 is 10.0 Å². The smallest absolute Gasteiger partial charge is 0.240 e. The molecular weight excluding hydrogens is 388 g/mol. The Morgan fingerprint density at radius 3 is 2.19 bits per heavy atom. The highest BCUT2D eigenvalue weighted by molar-refractivity contribution is 7.89. The molecule has 0 spiro atoms. The van der Waals surface area contributed by atoms with Gasteiger partial charge in [-0.15, -0.1) is 0 Å². The fraction of sp³-hybridized carbons (Fsp3) is 0.263. The number of ketones is 1. The summed E-state index contributed by atoms with van der Waals surface area (Å²) in [5.41, 5.74) is 1.49. The van der Waals surface area contributed by atoms with Crippen LogP contribution in [0.1, 0.15) is 29.3 Å². The SMILES string of the molecule is CC(=O)c1ccc(S(=O)(=O)NCCC(=O)NCCc2ccc(Cl)cc2)cc1. The zero-order valence-corrected chi connectivity index (χ0v) is 16.4. The van der Waals surface area contributed by atoms with Crippen LogP contribution in [0.2, 0.25) is 5.02 Å². The summed E-state index contributed by atoms with van der Waals surface area (Å²) >= 11 is 5.82. The molecule has 0 unspecified atom stereocenters. The molecule has 0 aliphatic heterocycles. The van der Waals surface area contributed by atoms with Gasteiger partial charge in [0.2, 0.25) is 15.9 Å². The number of carbonyl (C=O) groups is 2. The fourth-order valence-electron chi connectivity index (χ4n) is 2.34. The monoisotopic (exact) mass is 408 g/mol. The molecule has 2 aromatic carbocycles. The van der Waals surface area contributed by atoms with Crippen molar-refractivity contribution in [2.75, 3.05) is 13.1 Å². The zero-order chi connectivity index (χ0) is 19.9. The predicted molar refractivity (Wildman–Crippen MR) is 104 cm³/mol. The van der Waals surface area contributed by atoms with Crippen LogP contribution in [0, 0.1) is 0 Å². The molecule has 0 saturated heterocycles. The van der Waals surface area contributed by atoms with Crippen LogP contribution in [0.4, 0.5) is 0 Å². The average molecular weight is 409 g/mol. The van der Waals surface area contributed by atoms with E-state index in [-0.39, 0.29) is 29.6 Å². The molecule has 2 N–H and O–H groups in total. The second-order valence-electron chi connectivity index (χ2n) is 5.95. The Morgan fingerprint density at radius 1 is 0.963 bits per heavy atom. The Hall–Kier alpha value is -2.22. The van der Waals surface area contributed by atoms with Crippen molar-refractivity contribution in [2.45, 2.75) is 24.7 Å². The highest BCUT2D eigenvalue weighted by Gasteiger charge is 2.14. The van der Waals surface area contributed by atoms with Gasteiger partial charge in [0.25, 0.3) is 0 Å². The molecule has 0 atom stereocenters. The lowest BCUT2D eigenvalue weighted by atomic mass is 10.1. The van der Waals surface area contributed by atoms with Crippen molar-refractivity contribution in [1.82, 2.24) is 10.0 Å². The first-order chi connectivity index (χ1) is 12.8. The number of benzene rings is 2. The zero-order valence-electron chi connectivity index (χ0n) is 14.9. The van der Waals surface area contributed by atoms with Gasteiger partial charge in [0.15, 0.2) is 5.78 Å². The standard InChI is InChI=1S/C19H21ClN2O4S/c1-14(23)16-4-8-18(9-5-16)27(25,26)22-13-11-19(24)21-12-10-15-2-6-17(20)7-3-15/h2-9,22H,10-13H2,1H3,(H,21,24). The van der Waals surface area contributed by atoms with Gasteiger partial charge in [-0.25, -0.2) is 13.1 Å². The number of hydrogen-bond acceptors (Lipinski definition) is 4.